The number of aliphatic hydroxyl groups is 1. The van der Waals surface area contributed by atoms with Gasteiger partial charge in [0, 0.05) is 19.3 Å². The molecule has 0 radical (unpaired) electrons. The molecule has 0 aliphatic carbocycles. The molecule has 2 N–H and O–H groups in total. The maximum absolute atomic E-state index is 12.7. The van der Waals surface area contributed by atoms with Gasteiger partial charge in [-0.3, -0.25) is 9.69 Å². The summed E-state index contributed by atoms with van der Waals surface area (Å²) in [6, 6.07) is 15.5. The summed E-state index contributed by atoms with van der Waals surface area (Å²) in [4.78, 5) is 16.2. The first-order valence-corrected chi connectivity index (χ1v) is 8.76. The number of carbonyl (C=O) groups is 1. The highest BCUT2D eigenvalue weighted by Gasteiger charge is 2.31. The molecule has 1 amide bonds. The van der Waals surface area contributed by atoms with Gasteiger partial charge in [-0.05, 0) is 55.0 Å². The first kappa shape index (κ1) is 18.1. The molecule has 2 aromatic rings. The first-order chi connectivity index (χ1) is 12.5. The maximum Gasteiger partial charge on any atom is 0.281 e. The highest BCUT2D eigenvalue weighted by atomic mass is 32.1. The van der Waals surface area contributed by atoms with Gasteiger partial charge >= 0.3 is 0 Å². The molecule has 0 atom stereocenters. The number of hydrogen-bond donors (Lipinski definition) is 2. The third-order valence-corrected chi connectivity index (χ3v) is 4.54. The molecular formula is C20H21N3O2S. The summed E-state index contributed by atoms with van der Waals surface area (Å²) in [5, 5.41) is 12.4. The number of aliphatic hydroxyl groups excluding tert-OH is 1. The lowest BCUT2D eigenvalue weighted by molar-refractivity contribution is -0.113. The van der Waals surface area contributed by atoms with E-state index in [2.05, 4.69) is 5.32 Å². The fraction of sp³-hybridized carbons (Fsp3) is 0.200. The Kier molecular flexibility index (Phi) is 5.35. The monoisotopic (exact) mass is 367 g/mol. The van der Waals surface area contributed by atoms with Crippen LogP contribution in [0, 0.1) is 6.92 Å². The Bertz CT molecular complexity index is 844. The van der Waals surface area contributed by atoms with Crippen molar-refractivity contribution in [1.29, 1.82) is 0 Å². The zero-order chi connectivity index (χ0) is 18.7. The van der Waals surface area contributed by atoms with Crippen molar-refractivity contribution in [2.75, 3.05) is 30.0 Å². The second-order valence-electron chi connectivity index (χ2n) is 6.20. The molecule has 26 heavy (non-hydrogen) atoms. The number of likely N-dealkylation sites (N-methyl/N-ethyl adjacent to an activating group) is 1. The van der Waals surface area contributed by atoms with Gasteiger partial charge in [0.15, 0.2) is 5.11 Å². The number of thiocarbonyl (C=S) groups is 1. The van der Waals surface area contributed by atoms with E-state index < -0.39 is 0 Å². The summed E-state index contributed by atoms with van der Waals surface area (Å²) in [6.45, 7) is 2.67. The van der Waals surface area contributed by atoms with Crippen LogP contribution >= 0.6 is 12.2 Å². The summed E-state index contributed by atoms with van der Waals surface area (Å²) < 4.78 is 0. The maximum atomic E-state index is 12.7. The van der Waals surface area contributed by atoms with Crippen LogP contribution in [0.2, 0.25) is 0 Å². The lowest BCUT2D eigenvalue weighted by Crippen LogP contribution is -2.30. The van der Waals surface area contributed by atoms with Crippen molar-refractivity contribution in [3.63, 3.8) is 0 Å². The van der Waals surface area contributed by atoms with Gasteiger partial charge in [0.1, 0.15) is 5.70 Å². The summed E-state index contributed by atoms with van der Waals surface area (Å²) in [5.41, 5.74) is 4.23. The van der Waals surface area contributed by atoms with E-state index in [1.807, 2.05) is 67.4 Å². The number of nitrogens with one attached hydrogen (secondary N) is 1. The van der Waals surface area contributed by atoms with Gasteiger partial charge in [0.2, 0.25) is 0 Å². The molecular weight excluding hydrogens is 346 g/mol. The summed E-state index contributed by atoms with van der Waals surface area (Å²) in [6.07, 6.45) is 1.79. The lowest BCUT2D eigenvalue weighted by Gasteiger charge is -2.17. The molecule has 0 spiro atoms. The lowest BCUT2D eigenvalue weighted by atomic mass is 10.1. The molecule has 3 rings (SSSR count). The zero-order valence-electron chi connectivity index (χ0n) is 14.8. The molecule has 0 bridgehead atoms. The Balaban J connectivity index is 1.80. The first-order valence-electron chi connectivity index (χ1n) is 8.35. The molecule has 0 saturated carbocycles. The van der Waals surface area contributed by atoms with Crippen molar-refractivity contribution >= 4 is 40.7 Å². The Morgan fingerprint density at radius 1 is 1.15 bits per heavy atom. The van der Waals surface area contributed by atoms with Crippen LogP contribution < -0.4 is 15.1 Å². The fourth-order valence-electron chi connectivity index (χ4n) is 2.73. The van der Waals surface area contributed by atoms with Crippen molar-refractivity contribution in [2.24, 2.45) is 0 Å². The van der Waals surface area contributed by atoms with Crippen LogP contribution in [0.15, 0.2) is 54.2 Å². The van der Waals surface area contributed by atoms with E-state index in [-0.39, 0.29) is 12.5 Å². The van der Waals surface area contributed by atoms with E-state index >= 15 is 0 Å². The topological polar surface area (TPSA) is 55.8 Å². The van der Waals surface area contributed by atoms with Crippen LogP contribution in [0.25, 0.3) is 6.08 Å². The smallest absolute Gasteiger partial charge is 0.281 e. The van der Waals surface area contributed by atoms with Crippen LogP contribution in [0.1, 0.15) is 11.1 Å². The highest BCUT2D eigenvalue weighted by Crippen LogP contribution is 2.23. The zero-order valence-corrected chi connectivity index (χ0v) is 15.6. The number of nitrogens with zero attached hydrogens (tertiary/aromatic N) is 2. The average molecular weight is 367 g/mol. The summed E-state index contributed by atoms with van der Waals surface area (Å²) in [5.74, 6) is -0.166. The van der Waals surface area contributed by atoms with E-state index in [1.165, 1.54) is 4.90 Å². The SMILES string of the molecule is Cc1ccc(N2C(=O)/C(=C/c3ccc(N(C)CCO)cc3)NC2=S)cc1. The largest absolute Gasteiger partial charge is 0.395 e. The van der Waals surface area contributed by atoms with Crippen LogP contribution in [-0.4, -0.2) is 36.3 Å². The average Bonchev–Trinajstić information content (AvgIpc) is 2.90. The number of aryl methyl sites for hydroxylation is 1. The predicted molar refractivity (Wildman–Crippen MR) is 109 cm³/mol. The highest BCUT2D eigenvalue weighted by molar-refractivity contribution is 7.80. The molecule has 1 aliphatic rings. The van der Waals surface area contributed by atoms with Gasteiger partial charge in [-0.15, -0.1) is 0 Å². The molecule has 1 saturated heterocycles. The van der Waals surface area contributed by atoms with E-state index in [9.17, 15) is 4.79 Å². The quantitative estimate of drug-likeness (QED) is 0.629. The van der Waals surface area contributed by atoms with E-state index in [0.717, 1.165) is 22.5 Å². The number of benzene rings is 2. The Morgan fingerprint density at radius 3 is 2.42 bits per heavy atom. The van der Waals surface area contributed by atoms with Crippen LogP contribution in [-0.2, 0) is 4.79 Å². The molecule has 5 nitrogen and oxygen atoms in total. The molecule has 0 aromatic heterocycles. The van der Waals surface area contributed by atoms with E-state index in [4.69, 9.17) is 17.3 Å². The number of hydrogen-bond acceptors (Lipinski definition) is 4. The number of rotatable bonds is 5. The third kappa shape index (κ3) is 3.76. The molecule has 2 aromatic carbocycles. The van der Waals surface area contributed by atoms with Gasteiger partial charge in [-0.25, -0.2) is 0 Å². The second-order valence-corrected chi connectivity index (χ2v) is 6.59. The minimum Gasteiger partial charge on any atom is -0.395 e. The second kappa shape index (κ2) is 7.68. The molecule has 1 heterocycles. The fourth-order valence-corrected chi connectivity index (χ4v) is 3.03. The van der Waals surface area contributed by atoms with Crippen molar-refractivity contribution in [2.45, 2.75) is 6.92 Å². The van der Waals surface area contributed by atoms with Gasteiger partial charge < -0.3 is 15.3 Å². The van der Waals surface area contributed by atoms with Crippen LogP contribution in [0.5, 0.6) is 0 Å². The molecule has 134 valence electrons. The normalized spacial score (nSPS) is 15.5. The number of amides is 1. The number of carbonyl (C=O) groups excluding carboxylic acids is 1. The Labute approximate surface area is 158 Å². The van der Waals surface area contributed by atoms with Crippen molar-refractivity contribution in [1.82, 2.24) is 5.32 Å². The predicted octanol–water partition coefficient (Wildman–Crippen LogP) is 2.69. The van der Waals surface area contributed by atoms with Gasteiger partial charge in [-0.1, -0.05) is 29.8 Å². The minimum atomic E-state index is -0.166. The van der Waals surface area contributed by atoms with Crippen molar-refractivity contribution in [3.05, 3.63) is 65.4 Å². The Morgan fingerprint density at radius 2 is 1.81 bits per heavy atom. The van der Waals surface area contributed by atoms with Crippen LogP contribution in [0.4, 0.5) is 11.4 Å². The number of anilines is 2. The van der Waals surface area contributed by atoms with Gasteiger partial charge in [-0.2, -0.15) is 0 Å². The standard InChI is InChI=1S/C20H21N3O2S/c1-14-3-7-17(8-4-14)23-19(25)18(21-20(23)26)13-15-5-9-16(10-6-15)22(2)11-12-24/h3-10,13,24H,11-12H2,1-2H3,(H,21,26)/b18-13-. The molecule has 1 aliphatic heterocycles. The van der Waals surface area contributed by atoms with Crippen molar-refractivity contribution < 1.29 is 9.90 Å². The van der Waals surface area contributed by atoms with Gasteiger partial charge in [0.25, 0.3) is 5.91 Å². The minimum absolute atomic E-state index is 0.104. The molecule has 0 unspecified atom stereocenters. The molecule has 1 fully saturated rings. The van der Waals surface area contributed by atoms with Crippen molar-refractivity contribution in [3.8, 4) is 0 Å². The third-order valence-electron chi connectivity index (χ3n) is 4.25. The molecule has 6 heteroatoms. The Hall–Kier alpha value is -2.70. The van der Waals surface area contributed by atoms with Crippen LogP contribution in [0.3, 0.4) is 0 Å². The van der Waals surface area contributed by atoms with E-state index in [1.54, 1.807) is 6.08 Å². The summed E-state index contributed by atoms with van der Waals surface area (Å²) in [7, 11) is 1.92. The van der Waals surface area contributed by atoms with Gasteiger partial charge in [0.05, 0.1) is 12.3 Å². The summed E-state index contributed by atoms with van der Waals surface area (Å²) >= 11 is 5.33. The van der Waals surface area contributed by atoms with E-state index in [0.29, 0.717) is 17.4 Å².